The number of H-pyrrole nitrogens is 1. The molecule has 0 unspecified atom stereocenters. The average Bonchev–Trinajstić information content (AvgIpc) is 2.98. The van der Waals surface area contributed by atoms with E-state index in [2.05, 4.69) is 52.3 Å². The van der Waals surface area contributed by atoms with Gasteiger partial charge in [-0.3, -0.25) is 0 Å². The summed E-state index contributed by atoms with van der Waals surface area (Å²) in [5.41, 5.74) is 5.13. The van der Waals surface area contributed by atoms with Crippen molar-refractivity contribution in [2.45, 2.75) is 13.0 Å². The van der Waals surface area contributed by atoms with E-state index >= 15 is 0 Å². The highest BCUT2D eigenvalue weighted by molar-refractivity contribution is 7.80. The fourth-order valence-electron chi connectivity index (χ4n) is 3.09. The first-order valence-electron chi connectivity index (χ1n) is 7.25. The van der Waals surface area contributed by atoms with E-state index in [1.165, 1.54) is 16.5 Å². The van der Waals surface area contributed by atoms with E-state index in [-0.39, 0.29) is 0 Å². The molecule has 0 atom stereocenters. The molecule has 3 aromatic rings. The Labute approximate surface area is 129 Å². The second kappa shape index (κ2) is 5.01. The fourth-order valence-corrected chi connectivity index (χ4v) is 3.41. The van der Waals surface area contributed by atoms with Gasteiger partial charge in [0.1, 0.15) is 4.99 Å². The highest BCUT2D eigenvalue weighted by Crippen LogP contribution is 2.24. The van der Waals surface area contributed by atoms with Crippen molar-refractivity contribution in [2.75, 3.05) is 6.54 Å². The number of para-hydroxylation sites is 1. The molecule has 2 heterocycles. The van der Waals surface area contributed by atoms with Crippen LogP contribution in [-0.4, -0.2) is 21.4 Å². The van der Waals surface area contributed by atoms with Gasteiger partial charge in [0.25, 0.3) is 0 Å². The topological polar surface area (TPSA) is 19.0 Å². The van der Waals surface area contributed by atoms with Gasteiger partial charge in [0, 0.05) is 35.8 Å². The van der Waals surface area contributed by atoms with Crippen molar-refractivity contribution in [3.8, 4) is 0 Å². The standard InChI is InChI=1S/C18H16N2S/c21-18(16-11-19-17-8-4-3-7-15(16)17)20-10-9-13-5-1-2-6-14(13)12-20/h1-8,11,19H,9-10,12H2. The first kappa shape index (κ1) is 12.6. The Kier molecular flexibility index (Phi) is 3.00. The summed E-state index contributed by atoms with van der Waals surface area (Å²) in [6.45, 7) is 1.91. The number of nitrogens with zero attached hydrogens (tertiary/aromatic N) is 1. The fraction of sp³-hybridized carbons (Fsp3) is 0.167. The lowest BCUT2D eigenvalue weighted by Crippen LogP contribution is -2.35. The molecule has 0 saturated carbocycles. The Balaban J connectivity index is 1.67. The second-order valence-corrected chi connectivity index (χ2v) is 5.88. The summed E-state index contributed by atoms with van der Waals surface area (Å²) in [6, 6.07) is 17.0. The molecule has 104 valence electrons. The molecule has 0 fully saturated rings. The summed E-state index contributed by atoms with van der Waals surface area (Å²) < 4.78 is 0. The molecular formula is C18H16N2S. The molecular weight excluding hydrogens is 276 g/mol. The highest BCUT2D eigenvalue weighted by atomic mass is 32.1. The van der Waals surface area contributed by atoms with Gasteiger partial charge in [0.05, 0.1) is 0 Å². The van der Waals surface area contributed by atoms with Gasteiger partial charge in [-0.2, -0.15) is 0 Å². The van der Waals surface area contributed by atoms with Crippen LogP contribution in [0.5, 0.6) is 0 Å². The van der Waals surface area contributed by atoms with E-state index in [9.17, 15) is 0 Å². The Morgan fingerprint density at radius 1 is 1.00 bits per heavy atom. The second-order valence-electron chi connectivity index (χ2n) is 5.49. The number of rotatable bonds is 1. The first-order valence-corrected chi connectivity index (χ1v) is 7.66. The van der Waals surface area contributed by atoms with Crippen LogP contribution in [0.3, 0.4) is 0 Å². The van der Waals surface area contributed by atoms with Crippen molar-refractivity contribution >= 4 is 28.1 Å². The van der Waals surface area contributed by atoms with Crippen LogP contribution in [0, 0.1) is 0 Å². The third-order valence-corrected chi connectivity index (χ3v) is 4.72. The largest absolute Gasteiger partial charge is 0.360 e. The molecule has 0 radical (unpaired) electrons. The van der Waals surface area contributed by atoms with Crippen LogP contribution >= 0.6 is 12.2 Å². The van der Waals surface area contributed by atoms with Crippen molar-refractivity contribution in [2.24, 2.45) is 0 Å². The van der Waals surface area contributed by atoms with Crippen LogP contribution in [0.4, 0.5) is 0 Å². The maximum atomic E-state index is 5.76. The lowest BCUT2D eigenvalue weighted by Gasteiger charge is -2.30. The molecule has 2 nitrogen and oxygen atoms in total. The summed E-state index contributed by atoms with van der Waals surface area (Å²) in [7, 11) is 0. The van der Waals surface area contributed by atoms with Crippen molar-refractivity contribution in [3.05, 3.63) is 71.4 Å². The molecule has 1 aromatic heterocycles. The van der Waals surface area contributed by atoms with E-state index in [1.54, 1.807) is 0 Å². The third kappa shape index (κ3) is 2.14. The lowest BCUT2D eigenvalue weighted by atomic mass is 9.99. The minimum atomic E-state index is 0.911. The lowest BCUT2D eigenvalue weighted by molar-refractivity contribution is 0.401. The SMILES string of the molecule is S=C(c1c[nH]c2ccccc12)N1CCc2ccccc2C1. The maximum Gasteiger partial charge on any atom is 0.111 e. The molecule has 0 saturated heterocycles. The van der Waals surface area contributed by atoms with Crippen LogP contribution in [0.15, 0.2) is 54.7 Å². The van der Waals surface area contributed by atoms with E-state index in [0.29, 0.717) is 0 Å². The van der Waals surface area contributed by atoms with Crippen LogP contribution in [0.25, 0.3) is 10.9 Å². The number of benzene rings is 2. The average molecular weight is 292 g/mol. The Hall–Kier alpha value is -2.13. The van der Waals surface area contributed by atoms with Crippen molar-refractivity contribution in [3.63, 3.8) is 0 Å². The molecule has 0 spiro atoms. The Bertz CT molecular complexity index is 819. The van der Waals surface area contributed by atoms with Gasteiger partial charge in [-0.15, -0.1) is 0 Å². The number of hydrogen-bond donors (Lipinski definition) is 1. The van der Waals surface area contributed by atoms with Gasteiger partial charge in [0.2, 0.25) is 0 Å². The van der Waals surface area contributed by atoms with Gasteiger partial charge >= 0.3 is 0 Å². The molecule has 0 bridgehead atoms. The molecule has 0 aliphatic carbocycles. The third-order valence-electron chi connectivity index (χ3n) is 4.24. The quantitative estimate of drug-likeness (QED) is 0.686. The number of aromatic amines is 1. The molecule has 3 heteroatoms. The summed E-state index contributed by atoms with van der Waals surface area (Å²) in [4.78, 5) is 6.57. The number of thiocarbonyl (C=S) groups is 1. The summed E-state index contributed by atoms with van der Waals surface area (Å²) in [6.07, 6.45) is 3.10. The van der Waals surface area contributed by atoms with Gasteiger partial charge in [-0.25, -0.2) is 0 Å². The maximum absolute atomic E-state index is 5.76. The summed E-state index contributed by atoms with van der Waals surface area (Å²) in [5, 5.41) is 1.21. The number of fused-ring (bicyclic) bond motifs is 2. The van der Waals surface area contributed by atoms with Crippen LogP contribution in [-0.2, 0) is 13.0 Å². The zero-order chi connectivity index (χ0) is 14.2. The van der Waals surface area contributed by atoms with E-state index < -0.39 is 0 Å². The molecule has 1 aliphatic heterocycles. The van der Waals surface area contributed by atoms with Crippen molar-refractivity contribution in [1.82, 2.24) is 9.88 Å². The molecule has 4 rings (SSSR count). The monoisotopic (exact) mass is 292 g/mol. The Morgan fingerprint density at radius 2 is 1.76 bits per heavy atom. The van der Waals surface area contributed by atoms with Gasteiger partial charge < -0.3 is 9.88 Å². The van der Waals surface area contributed by atoms with Crippen molar-refractivity contribution in [1.29, 1.82) is 0 Å². The zero-order valence-electron chi connectivity index (χ0n) is 11.7. The predicted octanol–water partition coefficient (Wildman–Crippen LogP) is 3.90. The highest BCUT2D eigenvalue weighted by Gasteiger charge is 2.20. The van der Waals surface area contributed by atoms with Gasteiger partial charge in [-0.05, 0) is 23.6 Å². The van der Waals surface area contributed by atoms with E-state index in [1.807, 2.05) is 12.3 Å². The van der Waals surface area contributed by atoms with Crippen LogP contribution < -0.4 is 0 Å². The van der Waals surface area contributed by atoms with Crippen LogP contribution in [0.2, 0.25) is 0 Å². The van der Waals surface area contributed by atoms with E-state index in [4.69, 9.17) is 12.2 Å². The van der Waals surface area contributed by atoms with Crippen LogP contribution in [0.1, 0.15) is 16.7 Å². The zero-order valence-corrected chi connectivity index (χ0v) is 12.5. The summed E-state index contributed by atoms with van der Waals surface area (Å²) in [5.74, 6) is 0. The predicted molar refractivity (Wildman–Crippen MR) is 90.6 cm³/mol. The Morgan fingerprint density at radius 3 is 2.67 bits per heavy atom. The normalized spacial score (nSPS) is 14.2. The first-order chi connectivity index (χ1) is 10.3. The van der Waals surface area contributed by atoms with Gasteiger partial charge in [0.15, 0.2) is 0 Å². The molecule has 21 heavy (non-hydrogen) atoms. The molecule has 0 amide bonds. The molecule has 1 aliphatic rings. The minimum Gasteiger partial charge on any atom is -0.360 e. The minimum absolute atomic E-state index is 0.911. The number of hydrogen-bond acceptors (Lipinski definition) is 1. The molecule has 1 N–H and O–H groups in total. The summed E-state index contributed by atoms with van der Waals surface area (Å²) >= 11 is 5.76. The number of nitrogens with one attached hydrogen (secondary N) is 1. The van der Waals surface area contributed by atoms with Crippen molar-refractivity contribution < 1.29 is 0 Å². The van der Waals surface area contributed by atoms with E-state index in [0.717, 1.165) is 35.6 Å². The number of aromatic nitrogens is 1. The van der Waals surface area contributed by atoms with Gasteiger partial charge in [-0.1, -0.05) is 54.7 Å². The molecule has 2 aromatic carbocycles. The smallest absolute Gasteiger partial charge is 0.111 e.